The van der Waals surface area contributed by atoms with Gasteiger partial charge in [-0.3, -0.25) is 4.79 Å². The van der Waals surface area contributed by atoms with Gasteiger partial charge in [0, 0.05) is 57.6 Å². The molecule has 0 bridgehead atoms. The van der Waals surface area contributed by atoms with Crippen molar-refractivity contribution < 1.29 is 26.4 Å². The lowest BCUT2D eigenvalue weighted by molar-refractivity contribution is -0.137. The summed E-state index contributed by atoms with van der Waals surface area (Å²) in [5.41, 5.74) is 0. The molecule has 2 saturated heterocycles. The van der Waals surface area contributed by atoms with E-state index in [1.807, 2.05) is 4.90 Å². The van der Waals surface area contributed by atoms with E-state index in [2.05, 4.69) is 9.97 Å². The van der Waals surface area contributed by atoms with Crippen molar-refractivity contribution in [1.29, 1.82) is 0 Å². The lowest BCUT2D eigenvalue weighted by Crippen LogP contribution is -2.53. The Morgan fingerprint density at radius 1 is 0.906 bits per heavy atom. The topological polar surface area (TPSA) is 86.7 Å². The van der Waals surface area contributed by atoms with Gasteiger partial charge >= 0.3 is 0 Å². The van der Waals surface area contributed by atoms with Crippen molar-refractivity contribution in [2.45, 2.75) is 17.7 Å². The van der Waals surface area contributed by atoms with Gasteiger partial charge in [0.05, 0.1) is 0 Å². The van der Waals surface area contributed by atoms with Gasteiger partial charge in [-0.25, -0.2) is 31.6 Å². The summed E-state index contributed by atoms with van der Waals surface area (Å²) in [6, 6.07) is 3.03. The summed E-state index contributed by atoms with van der Waals surface area (Å²) < 4.78 is 67.0. The van der Waals surface area contributed by atoms with Crippen LogP contribution in [0.15, 0.2) is 35.5 Å². The molecule has 172 valence electrons. The van der Waals surface area contributed by atoms with Crippen molar-refractivity contribution >= 4 is 21.9 Å². The summed E-state index contributed by atoms with van der Waals surface area (Å²) in [6.07, 6.45) is 4.60. The number of sulfonamides is 1. The number of carbonyl (C=O) groups is 1. The standard InChI is InChI=1S/C20H22F3N5O3S/c21-15-2-3-16(18(23)17(15)22)32(30,31)28-12-10-26(11-13-28)19(29)14-4-8-27(9-5-14)20-24-6-1-7-25-20/h1-3,6-7,14H,4-5,8-13H2. The molecule has 0 atom stereocenters. The first-order valence-electron chi connectivity index (χ1n) is 10.2. The van der Waals surface area contributed by atoms with Crippen LogP contribution in [0.5, 0.6) is 0 Å². The molecule has 2 aliphatic rings. The molecule has 3 heterocycles. The third-order valence-corrected chi connectivity index (χ3v) is 7.76. The van der Waals surface area contributed by atoms with Crippen LogP contribution in [0, 0.1) is 23.4 Å². The van der Waals surface area contributed by atoms with Crippen molar-refractivity contribution in [2.75, 3.05) is 44.2 Å². The fourth-order valence-corrected chi connectivity index (χ4v) is 5.51. The first-order chi connectivity index (χ1) is 15.3. The molecule has 0 radical (unpaired) electrons. The number of halogens is 3. The Hall–Kier alpha value is -2.73. The quantitative estimate of drug-likeness (QED) is 0.633. The van der Waals surface area contributed by atoms with Gasteiger partial charge in [0.2, 0.25) is 21.9 Å². The Labute approximate surface area is 183 Å². The number of carbonyl (C=O) groups excluding carboxylic acids is 1. The highest BCUT2D eigenvalue weighted by Gasteiger charge is 2.36. The molecule has 0 saturated carbocycles. The number of benzene rings is 1. The average molecular weight is 469 g/mol. The van der Waals surface area contributed by atoms with Gasteiger partial charge in [-0.2, -0.15) is 4.31 Å². The number of rotatable bonds is 4. The fraction of sp³-hybridized carbons (Fsp3) is 0.450. The highest BCUT2D eigenvalue weighted by atomic mass is 32.2. The lowest BCUT2D eigenvalue weighted by Gasteiger charge is -2.38. The Morgan fingerprint density at radius 2 is 1.53 bits per heavy atom. The van der Waals surface area contributed by atoms with Crippen molar-refractivity contribution in [3.63, 3.8) is 0 Å². The maximum Gasteiger partial charge on any atom is 0.246 e. The Morgan fingerprint density at radius 3 is 2.16 bits per heavy atom. The second-order valence-electron chi connectivity index (χ2n) is 7.71. The molecule has 8 nitrogen and oxygen atoms in total. The number of hydrogen-bond donors (Lipinski definition) is 0. The molecule has 32 heavy (non-hydrogen) atoms. The van der Waals surface area contributed by atoms with Crippen molar-refractivity contribution in [3.05, 3.63) is 48.0 Å². The number of piperidine rings is 1. The first kappa shape index (κ1) is 22.5. The van der Waals surface area contributed by atoms with Crippen LogP contribution in [0.2, 0.25) is 0 Å². The maximum atomic E-state index is 14.0. The monoisotopic (exact) mass is 469 g/mol. The summed E-state index contributed by atoms with van der Waals surface area (Å²) in [5.74, 6) is -4.62. The summed E-state index contributed by atoms with van der Waals surface area (Å²) in [5, 5.41) is 0. The highest BCUT2D eigenvalue weighted by molar-refractivity contribution is 7.89. The minimum Gasteiger partial charge on any atom is -0.341 e. The summed E-state index contributed by atoms with van der Waals surface area (Å²) in [6.45, 7) is 1.47. The predicted molar refractivity (Wildman–Crippen MR) is 109 cm³/mol. The Bertz CT molecular complexity index is 1090. The maximum absolute atomic E-state index is 14.0. The first-order valence-corrected chi connectivity index (χ1v) is 11.7. The van der Waals surface area contributed by atoms with Gasteiger partial charge in [0.15, 0.2) is 17.5 Å². The molecule has 1 aromatic carbocycles. The van der Waals surface area contributed by atoms with Crippen molar-refractivity contribution in [1.82, 2.24) is 19.2 Å². The zero-order valence-electron chi connectivity index (χ0n) is 17.1. The van der Waals surface area contributed by atoms with Crippen LogP contribution < -0.4 is 4.90 Å². The SMILES string of the molecule is O=C(C1CCN(c2ncccn2)CC1)N1CCN(S(=O)(=O)c2ccc(F)c(F)c2F)CC1. The number of piperazine rings is 1. The van der Waals surface area contributed by atoms with Gasteiger partial charge in [-0.15, -0.1) is 0 Å². The van der Waals surface area contributed by atoms with E-state index in [0.717, 1.165) is 4.31 Å². The molecule has 0 aliphatic carbocycles. The molecule has 0 spiro atoms. The van der Waals surface area contributed by atoms with Crippen LogP contribution in [-0.2, 0) is 14.8 Å². The van der Waals surface area contributed by atoms with Crippen LogP contribution in [0.4, 0.5) is 19.1 Å². The van der Waals surface area contributed by atoms with Crippen molar-refractivity contribution in [3.8, 4) is 0 Å². The van der Waals surface area contributed by atoms with Gasteiger partial charge in [-0.05, 0) is 31.0 Å². The van der Waals surface area contributed by atoms with Gasteiger partial charge < -0.3 is 9.80 Å². The van der Waals surface area contributed by atoms with E-state index in [0.29, 0.717) is 44.0 Å². The van der Waals surface area contributed by atoms with E-state index in [4.69, 9.17) is 0 Å². The van der Waals surface area contributed by atoms with Crippen molar-refractivity contribution in [2.24, 2.45) is 5.92 Å². The lowest BCUT2D eigenvalue weighted by atomic mass is 9.95. The molecular weight excluding hydrogens is 447 g/mol. The minimum absolute atomic E-state index is 0.0466. The smallest absolute Gasteiger partial charge is 0.246 e. The largest absolute Gasteiger partial charge is 0.341 e. The molecule has 2 fully saturated rings. The van der Waals surface area contributed by atoms with E-state index in [1.165, 1.54) is 0 Å². The highest BCUT2D eigenvalue weighted by Crippen LogP contribution is 2.26. The molecule has 4 rings (SSSR count). The number of nitrogens with zero attached hydrogens (tertiary/aromatic N) is 5. The average Bonchev–Trinajstić information content (AvgIpc) is 2.83. The third kappa shape index (κ3) is 4.29. The van der Waals surface area contributed by atoms with Crippen LogP contribution >= 0.6 is 0 Å². The summed E-state index contributed by atoms with van der Waals surface area (Å²) in [4.78, 5) is 24.1. The molecule has 0 N–H and O–H groups in total. The second-order valence-corrected chi connectivity index (χ2v) is 9.62. The number of amides is 1. The molecule has 1 amide bonds. The number of aromatic nitrogens is 2. The van der Waals surface area contributed by atoms with E-state index in [1.54, 1.807) is 23.4 Å². The molecule has 1 aromatic heterocycles. The number of hydrogen-bond acceptors (Lipinski definition) is 6. The van der Waals surface area contributed by atoms with Crippen LogP contribution in [0.1, 0.15) is 12.8 Å². The summed E-state index contributed by atoms with van der Waals surface area (Å²) >= 11 is 0. The predicted octanol–water partition coefficient (Wildman–Crippen LogP) is 1.64. The molecular formula is C20H22F3N5O3S. The molecule has 12 heteroatoms. The Kier molecular flexibility index (Phi) is 6.33. The zero-order valence-corrected chi connectivity index (χ0v) is 17.9. The van der Waals surface area contributed by atoms with E-state index >= 15 is 0 Å². The van der Waals surface area contributed by atoms with Crippen LogP contribution in [0.25, 0.3) is 0 Å². The molecule has 0 unspecified atom stereocenters. The molecule has 2 aliphatic heterocycles. The normalized spacial score (nSPS) is 18.7. The van der Waals surface area contributed by atoms with Crippen LogP contribution in [-0.4, -0.2) is 72.8 Å². The van der Waals surface area contributed by atoms with E-state index in [9.17, 15) is 26.4 Å². The second kappa shape index (κ2) is 9.02. The zero-order chi connectivity index (χ0) is 22.9. The van der Waals surface area contributed by atoms with Gasteiger partial charge in [0.1, 0.15) is 4.90 Å². The minimum atomic E-state index is -4.35. The molecule has 2 aromatic rings. The Balaban J connectivity index is 1.35. The fourth-order valence-electron chi connectivity index (χ4n) is 4.03. The van der Waals surface area contributed by atoms with Gasteiger partial charge in [-0.1, -0.05) is 0 Å². The van der Waals surface area contributed by atoms with E-state index < -0.39 is 32.4 Å². The third-order valence-electron chi connectivity index (χ3n) is 5.85. The summed E-state index contributed by atoms with van der Waals surface area (Å²) in [7, 11) is -4.35. The van der Waals surface area contributed by atoms with Crippen LogP contribution in [0.3, 0.4) is 0 Å². The van der Waals surface area contributed by atoms with Gasteiger partial charge in [0.25, 0.3) is 0 Å². The number of anilines is 1. The van der Waals surface area contributed by atoms with E-state index in [-0.39, 0.29) is 38.0 Å².